The lowest BCUT2D eigenvalue weighted by Gasteiger charge is -2.06. The quantitative estimate of drug-likeness (QED) is 0.780. The van der Waals surface area contributed by atoms with E-state index in [1.165, 1.54) is 7.11 Å². The van der Waals surface area contributed by atoms with Gasteiger partial charge in [-0.2, -0.15) is 0 Å². The first-order valence-corrected chi connectivity index (χ1v) is 5.78. The predicted octanol–water partition coefficient (Wildman–Crippen LogP) is 4.11. The molecule has 88 valence electrons. The molecule has 0 unspecified atom stereocenters. The summed E-state index contributed by atoms with van der Waals surface area (Å²) in [6, 6.07) is 7.06. The van der Waals surface area contributed by atoms with Crippen LogP contribution in [0.3, 0.4) is 0 Å². The van der Waals surface area contributed by atoms with Gasteiger partial charge in [-0.15, -0.1) is 0 Å². The molecule has 1 heterocycles. The smallest absolute Gasteiger partial charge is 0.193 e. The Balaban J connectivity index is 2.50. The molecule has 0 bridgehead atoms. The van der Waals surface area contributed by atoms with Crippen LogP contribution in [0, 0.1) is 0 Å². The van der Waals surface area contributed by atoms with E-state index in [-0.39, 0.29) is 16.1 Å². The molecule has 3 nitrogen and oxygen atoms in total. The summed E-state index contributed by atoms with van der Waals surface area (Å²) in [5.74, 6) is 0.698. The summed E-state index contributed by atoms with van der Waals surface area (Å²) in [6.07, 6.45) is 0. The molecular formula is C11H7Cl3N2O. The number of aromatic nitrogens is 2. The minimum Gasteiger partial charge on any atom is -0.491 e. The molecular weight excluding hydrogens is 282 g/mol. The van der Waals surface area contributed by atoms with Crippen LogP contribution in [-0.2, 0) is 0 Å². The first kappa shape index (κ1) is 12.4. The Kier molecular flexibility index (Phi) is 3.72. The van der Waals surface area contributed by atoms with Gasteiger partial charge >= 0.3 is 0 Å². The van der Waals surface area contributed by atoms with Gasteiger partial charge in [0.25, 0.3) is 0 Å². The molecule has 0 aliphatic carbocycles. The normalized spacial score (nSPS) is 10.4. The third-order valence-electron chi connectivity index (χ3n) is 2.09. The Hall–Kier alpha value is -1.03. The molecule has 1 aromatic carbocycles. The molecule has 0 fully saturated rings. The molecule has 1 aromatic heterocycles. The van der Waals surface area contributed by atoms with Crippen molar-refractivity contribution in [2.24, 2.45) is 0 Å². The SMILES string of the molecule is COc1c(Cl)nc(-c2ccc(Cl)cc2)nc1Cl. The lowest BCUT2D eigenvalue weighted by atomic mass is 10.2. The molecule has 6 heteroatoms. The summed E-state index contributed by atoms with van der Waals surface area (Å²) in [6.45, 7) is 0. The molecule has 17 heavy (non-hydrogen) atoms. The second-order valence-corrected chi connectivity index (χ2v) is 4.32. The number of methoxy groups -OCH3 is 1. The van der Waals surface area contributed by atoms with Crippen LogP contribution in [-0.4, -0.2) is 17.1 Å². The fourth-order valence-electron chi connectivity index (χ4n) is 1.29. The Bertz CT molecular complexity index is 520. The van der Waals surface area contributed by atoms with Gasteiger partial charge in [-0.05, 0) is 24.3 Å². The molecule has 0 atom stereocenters. The number of benzene rings is 1. The third kappa shape index (κ3) is 2.63. The highest BCUT2D eigenvalue weighted by molar-refractivity contribution is 6.35. The second-order valence-electron chi connectivity index (χ2n) is 3.17. The average Bonchev–Trinajstić information content (AvgIpc) is 2.29. The van der Waals surface area contributed by atoms with E-state index < -0.39 is 0 Å². The maximum Gasteiger partial charge on any atom is 0.193 e. The molecule has 2 rings (SSSR count). The van der Waals surface area contributed by atoms with Gasteiger partial charge in [0.2, 0.25) is 0 Å². The summed E-state index contributed by atoms with van der Waals surface area (Å²) in [5.41, 5.74) is 0.779. The highest BCUT2D eigenvalue weighted by Crippen LogP contribution is 2.31. The van der Waals surface area contributed by atoms with Crippen molar-refractivity contribution in [3.63, 3.8) is 0 Å². The van der Waals surface area contributed by atoms with Crippen molar-refractivity contribution in [1.82, 2.24) is 9.97 Å². The summed E-state index contributed by atoms with van der Waals surface area (Å²) in [5, 5.41) is 0.995. The van der Waals surface area contributed by atoms with Gasteiger partial charge in [0, 0.05) is 10.6 Å². The van der Waals surface area contributed by atoms with Crippen LogP contribution in [0.1, 0.15) is 0 Å². The molecule has 0 spiro atoms. The summed E-state index contributed by atoms with van der Waals surface area (Å²) < 4.78 is 4.98. The van der Waals surface area contributed by atoms with E-state index in [1.807, 2.05) is 0 Å². The van der Waals surface area contributed by atoms with Gasteiger partial charge in [0.1, 0.15) is 0 Å². The highest BCUT2D eigenvalue weighted by atomic mass is 35.5. The zero-order chi connectivity index (χ0) is 12.4. The third-order valence-corrected chi connectivity index (χ3v) is 2.85. The van der Waals surface area contributed by atoms with Crippen LogP contribution in [0.5, 0.6) is 5.75 Å². The van der Waals surface area contributed by atoms with E-state index in [4.69, 9.17) is 39.5 Å². The zero-order valence-electron chi connectivity index (χ0n) is 8.75. The van der Waals surface area contributed by atoms with Crippen LogP contribution in [0.15, 0.2) is 24.3 Å². The average molecular weight is 290 g/mol. The number of nitrogens with zero attached hydrogens (tertiary/aromatic N) is 2. The molecule has 0 aliphatic rings. The minimum atomic E-state index is 0.178. The first-order valence-electron chi connectivity index (χ1n) is 4.65. The van der Waals surface area contributed by atoms with Crippen molar-refractivity contribution in [2.75, 3.05) is 7.11 Å². The number of ether oxygens (including phenoxy) is 1. The van der Waals surface area contributed by atoms with Crippen molar-refractivity contribution >= 4 is 34.8 Å². The van der Waals surface area contributed by atoms with Crippen LogP contribution in [0.4, 0.5) is 0 Å². The van der Waals surface area contributed by atoms with E-state index in [0.717, 1.165) is 5.56 Å². The van der Waals surface area contributed by atoms with E-state index in [2.05, 4.69) is 9.97 Å². The lowest BCUT2D eigenvalue weighted by molar-refractivity contribution is 0.411. The molecule has 0 radical (unpaired) electrons. The van der Waals surface area contributed by atoms with E-state index >= 15 is 0 Å². The minimum absolute atomic E-state index is 0.178. The Morgan fingerprint density at radius 3 is 1.94 bits per heavy atom. The topological polar surface area (TPSA) is 35.0 Å². The standard InChI is InChI=1S/C11H7Cl3N2O/c1-17-8-9(13)15-11(16-10(8)14)6-2-4-7(12)5-3-6/h2-5H,1H3. The van der Waals surface area contributed by atoms with Crippen LogP contribution >= 0.6 is 34.8 Å². The van der Waals surface area contributed by atoms with Gasteiger partial charge < -0.3 is 4.74 Å². The van der Waals surface area contributed by atoms with E-state index in [1.54, 1.807) is 24.3 Å². The summed E-state index contributed by atoms with van der Waals surface area (Å²) in [7, 11) is 1.46. The largest absolute Gasteiger partial charge is 0.491 e. The van der Waals surface area contributed by atoms with Crippen LogP contribution in [0.25, 0.3) is 11.4 Å². The molecule has 0 N–H and O–H groups in total. The van der Waals surface area contributed by atoms with E-state index in [9.17, 15) is 0 Å². The van der Waals surface area contributed by atoms with Crippen molar-refractivity contribution in [1.29, 1.82) is 0 Å². The van der Waals surface area contributed by atoms with Gasteiger partial charge in [-0.1, -0.05) is 34.8 Å². The molecule has 0 aliphatic heterocycles. The number of hydrogen-bond acceptors (Lipinski definition) is 3. The zero-order valence-corrected chi connectivity index (χ0v) is 11.0. The Labute approximate surface area is 113 Å². The Morgan fingerprint density at radius 2 is 1.47 bits per heavy atom. The first-order chi connectivity index (χ1) is 8.11. The maximum absolute atomic E-state index is 5.93. The van der Waals surface area contributed by atoms with Crippen molar-refractivity contribution in [3.8, 4) is 17.1 Å². The number of hydrogen-bond donors (Lipinski definition) is 0. The molecule has 2 aromatic rings. The van der Waals surface area contributed by atoms with Crippen LogP contribution in [0.2, 0.25) is 15.3 Å². The van der Waals surface area contributed by atoms with Gasteiger partial charge in [-0.3, -0.25) is 0 Å². The highest BCUT2D eigenvalue weighted by Gasteiger charge is 2.12. The number of rotatable bonds is 2. The predicted molar refractivity (Wildman–Crippen MR) is 69.1 cm³/mol. The van der Waals surface area contributed by atoms with Crippen LogP contribution < -0.4 is 4.74 Å². The van der Waals surface area contributed by atoms with E-state index in [0.29, 0.717) is 10.8 Å². The van der Waals surface area contributed by atoms with Crippen molar-refractivity contribution in [3.05, 3.63) is 39.6 Å². The Morgan fingerprint density at radius 1 is 0.941 bits per heavy atom. The number of halogens is 3. The molecule has 0 amide bonds. The molecule has 0 saturated heterocycles. The second kappa shape index (κ2) is 5.08. The fraction of sp³-hybridized carbons (Fsp3) is 0.0909. The maximum atomic E-state index is 5.93. The summed E-state index contributed by atoms with van der Waals surface area (Å²) in [4.78, 5) is 8.21. The molecule has 0 saturated carbocycles. The van der Waals surface area contributed by atoms with Gasteiger partial charge in [0.15, 0.2) is 21.9 Å². The van der Waals surface area contributed by atoms with Gasteiger partial charge in [0.05, 0.1) is 7.11 Å². The van der Waals surface area contributed by atoms with Gasteiger partial charge in [-0.25, -0.2) is 9.97 Å². The van der Waals surface area contributed by atoms with Crippen molar-refractivity contribution in [2.45, 2.75) is 0 Å². The lowest BCUT2D eigenvalue weighted by Crippen LogP contribution is -1.95. The monoisotopic (exact) mass is 288 g/mol. The van der Waals surface area contributed by atoms with Crippen molar-refractivity contribution < 1.29 is 4.74 Å². The summed E-state index contributed by atoms with van der Waals surface area (Å²) >= 11 is 17.7. The fourth-order valence-corrected chi connectivity index (χ4v) is 1.96.